The minimum absolute atomic E-state index is 0.155. The van der Waals surface area contributed by atoms with Crippen molar-refractivity contribution in [2.75, 3.05) is 32.8 Å². The molecule has 0 aromatic carbocycles. The number of rotatable bonds is 3. The molecule has 82 valence electrons. The standard InChI is InChI=1S/C9H18N2O3/c1-7-5-11(2-3-14-6-7)8(4-10)9(12)13/h7-8H,2-6,10H2,1H3,(H,12,13). The zero-order valence-electron chi connectivity index (χ0n) is 8.48. The van der Waals surface area contributed by atoms with Gasteiger partial charge in [-0.05, 0) is 5.92 Å². The first-order valence-electron chi connectivity index (χ1n) is 4.89. The Bertz CT molecular complexity index is 198. The van der Waals surface area contributed by atoms with Gasteiger partial charge in [0.05, 0.1) is 13.2 Å². The highest BCUT2D eigenvalue weighted by atomic mass is 16.5. The van der Waals surface area contributed by atoms with Crippen molar-refractivity contribution in [3.63, 3.8) is 0 Å². The number of hydrogen-bond acceptors (Lipinski definition) is 4. The van der Waals surface area contributed by atoms with Crippen molar-refractivity contribution in [1.82, 2.24) is 4.90 Å². The van der Waals surface area contributed by atoms with Crippen LogP contribution in [-0.4, -0.2) is 54.9 Å². The van der Waals surface area contributed by atoms with Gasteiger partial charge in [-0.25, -0.2) is 0 Å². The van der Waals surface area contributed by atoms with Gasteiger partial charge in [-0.3, -0.25) is 9.69 Å². The number of carboxylic acids is 1. The molecule has 3 N–H and O–H groups in total. The van der Waals surface area contributed by atoms with E-state index in [1.165, 1.54) is 0 Å². The van der Waals surface area contributed by atoms with E-state index in [0.29, 0.717) is 25.7 Å². The number of nitrogens with zero attached hydrogens (tertiary/aromatic N) is 1. The van der Waals surface area contributed by atoms with E-state index in [4.69, 9.17) is 15.6 Å². The monoisotopic (exact) mass is 202 g/mol. The number of carboxylic acid groups (broad SMARTS) is 1. The highest BCUT2D eigenvalue weighted by Gasteiger charge is 2.26. The second-order valence-electron chi connectivity index (χ2n) is 3.76. The predicted octanol–water partition coefficient (Wildman–Crippen LogP) is -0.633. The Morgan fingerprint density at radius 2 is 2.50 bits per heavy atom. The third-order valence-electron chi connectivity index (χ3n) is 2.42. The summed E-state index contributed by atoms with van der Waals surface area (Å²) < 4.78 is 5.34. The Morgan fingerprint density at radius 1 is 1.79 bits per heavy atom. The molecule has 1 saturated heterocycles. The molecule has 1 aliphatic rings. The average molecular weight is 202 g/mol. The lowest BCUT2D eigenvalue weighted by molar-refractivity contribution is -0.143. The highest BCUT2D eigenvalue weighted by molar-refractivity contribution is 5.73. The zero-order valence-corrected chi connectivity index (χ0v) is 8.48. The van der Waals surface area contributed by atoms with Gasteiger partial charge in [-0.1, -0.05) is 6.92 Å². The third-order valence-corrected chi connectivity index (χ3v) is 2.42. The van der Waals surface area contributed by atoms with Crippen LogP contribution in [0.5, 0.6) is 0 Å². The second-order valence-corrected chi connectivity index (χ2v) is 3.76. The van der Waals surface area contributed by atoms with Crippen molar-refractivity contribution in [1.29, 1.82) is 0 Å². The fourth-order valence-corrected chi connectivity index (χ4v) is 1.70. The molecule has 1 aliphatic heterocycles. The van der Waals surface area contributed by atoms with Gasteiger partial charge in [-0.15, -0.1) is 0 Å². The lowest BCUT2D eigenvalue weighted by atomic mass is 10.1. The topological polar surface area (TPSA) is 75.8 Å². The molecule has 0 aromatic heterocycles. The number of nitrogens with two attached hydrogens (primary N) is 1. The van der Waals surface area contributed by atoms with Crippen LogP contribution in [0.3, 0.4) is 0 Å². The second kappa shape index (κ2) is 5.29. The Morgan fingerprint density at radius 3 is 3.07 bits per heavy atom. The van der Waals surface area contributed by atoms with Crippen LogP contribution in [0.4, 0.5) is 0 Å². The van der Waals surface area contributed by atoms with Crippen molar-refractivity contribution in [2.45, 2.75) is 13.0 Å². The van der Waals surface area contributed by atoms with Gasteiger partial charge in [0.15, 0.2) is 0 Å². The molecular weight excluding hydrogens is 184 g/mol. The normalized spacial score (nSPS) is 26.9. The predicted molar refractivity (Wildman–Crippen MR) is 52.0 cm³/mol. The molecular formula is C9H18N2O3. The Balaban J connectivity index is 2.58. The summed E-state index contributed by atoms with van der Waals surface area (Å²) in [6, 6.07) is -0.570. The maximum Gasteiger partial charge on any atom is 0.322 e. The van der Waals surface area contributed by atoms with Crippen LogP contribution < -0.4 is 5.73 Å². The van der Waals surface area contributed by atoms with Gasteiger partial charge in [0, 0.05) is 19.6 Å². The van der Waals surface area contributed by atoms with E-state index in [9.17, 15) is 4.79 Å². The van der Waals surface area contributed by atoms with Gasteiger partial charge >= 0.3 is 5.97 Å². The van der Waals surface area contributed by atoms with Gasteiger partial charge in [0.25, 0.3) is 0 Å². The highest BCUT2D eigenvalue weighted by Crippen LogP contribution is 2.09. The van der Waals surface area contributed by atoms with Crippen LogP contribution in [0.2, 0.25) is 0 Å². The summed E-state index contributed by atoms with van der Waals surface area (Å²) in [5.74, 6) is -0.479. The number of carbonyl (C=O) groups is 1. The lowest BCUT2D eigenvalue weighted by Crippen LogP contribution is -2.48. The molecule has 2 atom stereocenters. The van der Waals surface area contributed by atoms with E-state index in [1.807, 2.05) is 11.8 Å². The van der Waals surface area contributed by atoms with Crippen LogP contribution >= 0.6 is 0 Å². The van der Waals surface area contributed by atoms with E-state index in [0.717, 1.165) is 6.54 Å². The number of aliphatic carboxylic acids is 1. The first-order chi connectivity index (χ1) is 6.65. The van der Waals surface area contributed by atoms with Crippen LogP contribution in [0, 0.1) is 5.92 Å². The molecule has 2 unspecified atom stereocenters. The largest absolute Gasteiger partial charge is 0.480 e. The maximum atomic E-state index is 10.9. The van der Waals surface area contributed by atoms with Crippen molar-refractivity contribution >= 4 is 5.97 Å². The molecule has 14 heavy (non-hydrogen) atoms. The smallest absolute Gasteiger partial charge is 0.322 e. The van der Waals surface area contributed by atoms with E-state index in [-0.39, 0.29) is 6.54 Å². The molecule has 0 saturated carbocycles. The number of hydrogen-bond donors (Lipinski definition) is 2. The van der Waals surface area contributed by atoms with Crippen LogP contribution in [0.25, 0.3) is 0 Å². The van der Waals surface area contributed by atoms with Gasteiger partial charge in [-0.2, -0.15) is 0 Å². The summed E-state index contributed by atoms with van der Waals surface area (Å²) in [5.41, 5.74) is 5.44. The fourth-order valence-electron chi connectivity index (χ4n) is 1.70. The zero-order chi connectivity index (χ0) is 10.6. The molecule has 1 rings (SSSR count). The van der Waals surface area contributed by atoms with Crippen LogP contribution in [0.1, 0.15) is 6.92 Å². The van der Waals surface area contributed by atoms with E-state index >= 15 is 0 Å². The summed E-state index contributed by atoms with van der Waals surface area (Å²) >= 11 is 0. The van der Waals surface area contributed by atoms with Crippen molar-refractivity contribution in [3.05, 3.63) is 0 Å². The SMILES string of the molecule is CC1COCCN(C(CN)C(=O)O)C1. The van der Waals surface area contributed by atoms with Crippen molar-refractivity contribution < 1.29 is 14.6 Å². The molecule has 0 spiro atoms. The Kier molecular flexibility index (Phi) is 4.31. The Hall–Kier alpha value is -0.650. The molecule has 1 heterocycles. The molecule has 1 fully saturated rings. The van der Waals surface area contributed by atoms with E-state index < -0.39 is 12.0 Å². The van der Waals surface area contributed by atoms with Crippen LogP contribution in [-0.2, 0) is 9.53 Å². The van der Waals surface area contributed by atoms with Crippen molar-refractivity contribution in [3.8, 4) is 0 Å². The molecule has 0 amide bonds. The van der Waals surface area contributed by atoms with Gasteiger partial charge < -0.3 is 15.6 Å². The van der Waals surface area contributed by atoms with Crippen molar-refractivity contribution in [2.24, 2.45) is 11.7 Å². The average Bonchev–Trinajstić information content (AvgIpc) is 2.31. The van der Waals surface area contributed by atoms with Gasteiger partial charge in [0.2, 0.25) is 0 Å². The molecule has 5 nitrogen and oxygen atoms in total. The summed E-state index contributed by atoms with van der Waals surface area (Å²) in [6.07, 6.45) is 0. The summed E-state index contributed by atoms with van der Waals surface area (Å²) in [6.45, 7) is 4.89. The van der Waals surface area contributed by atoms with Crippen LogP contribution in [0.15, 0.2) is 0 Å². The Labute approximate surface area is 83.8 Å². The van der Waals surface area contributed by atoms with E-state index in [2.05, 4.69) is 0 Å². The minimum Gasteiger partial charge on any atom is -0.480 e. The molecule has 0 bridgehead atoms. The quantitative estimate of drug-likeness (QED) is 0.637. The van der Waals surface area contributed by atoms with Gasteiger partial charge in [0.1, 0.15) is 6.04 Å². The molecule has 0 aliphatic carbocycles. The summed E-state index contributed by atoms with van der Waals surface area (Å²) in [4.78, 5) is 12.8. The molecule has 0 aromatic rings. The lowest BCUT2D eigenvalue weighted by Gasteiger charge is -2.27. The third kappa shape index (κ3) is 2.94. The maximum absolute atomic E-state index is 10.9. The minimum atomic E-state index is -0.846. The summed E-state index contributed by atoms with van der Waals surface area (Å²) in [5, 5.41) is 8.94. The number of ether oxygens (including phenoxy) is 1. The first kappa shape index (κ1) is 11.4. The van der Waals surface area contributed by atoms with E-state index in [1.54, 1.807) is 0 Å². The molecule has 5 heteroatoms. The molecule has 0 radical (unpaired) electrons. The first-order valence-corrected chi connectivity index (χ1v) is 4.89. The summed E-state index contributed by atoms with van der Waals surface area (Å²) in [7, 11) is 0. The fraction of sp³-hybridized carbons (Fsp3) is 0.889.